The maximum Gasteiger partial charge on any atom is 0.253 e. The Kier molecular flexibility index (Phi) is 3.87. The first-order valence-corrected chi connectivity index (χ1v) is 4.50. The molecule has 16 heavy (non-hydrogen) atoms. The van der Waals surface area contributed by atoms with Crippen molar-refractivity contribution in [2.24, 2.45) is 0 Å². The molecule has 0 aliphatic rings. The fraction of sp³-hybridized carbons (Fsp3) is 0.300. The van der Waals surface area contributed by atoms with Crippen LogP contribution in [-0.2, 0) is 0 Å². The number of pyridine rings is 1. The Morgan fingerprint density at radius 2 is 1.62 bits per heavy atom. The van der Waals surface area contributed by atoms with Crippen LogP contribution in [0.4, 0.5) is 23.2 Å². The number of hydrogen-bond acceptors (Lipinski definition) is 2. The van der Waals surface area contributed by atoms with Gasteiger partial charge in [0.15, 0.2) is 0 Å². The van der Waals surface area contributed by atoms with Crippen LogP contribution in [-0.4, -0.2) is 11.5 Å². The van der Waals surface area contributed by atoms with Gasteiger partial charge in [0.05, 0.1) is 0 Å². The summed E-state index contributed by atoms with van der Waals surface area (Å²) in [4.78, 5) is 2.44. The van der Waals surface area contributed by atoms with E-state index < -0.39 is 29.2 Å². The van der Waals surface area contributed by atoms with Gasteiger partial charge < -0.3 is 5.32 Å². The van der Waals surface area contributed by atoms with Gasteiger partial charge in [-0.15, -0.1) is 0 Å². The van der Waals surface area contributed by atoms with Crippen LogP contribution in [0.2, 0.25) is 0 Å². The summed E-state index contributed by atoms with van der Waals surface area (Å²) in [5, 5.41) is 2.25. The van der Waals surface area contributed by atoms with E-state index in [1.807, 2.05) is 0 Å². The third kappa shape index (κ3) is 2.71. The molecular weight excluding hydrogens is 224 g/mol. The number of nitrogens with zero attached hydrogens (tertiary/aromatic N) is 1. The zero-order valence-corrected chi connectivity index (χ0v) is 8.74. The first-order chi connectivity index (χ1) is 7.43. The first kappa shape index (κ1) is 12.5. The SMILES string of the molecule is CC(C)=CCNc1c(F)c(F)nc(F)c1F. The molecule has 0 atom stereocenters. The Morgan fingerprint density at radius 3 is 2.06 bits per heavy atom. The normalized spacial score (nSPS) is 10.1. The van der Waals surface area contributed by atoms with Gasteiger partial charge in [-0.3, -0.25) is 0 Å². The highest BCUT2D eigenvalue weighted by atomic mass is 19.2. The average molecular weight is 234 g/mol. The standard InChI is InChI=1S/C10H10F4N2/c1-5(2)3-4-15-8-6(11)9(13)16-10(14)7(8)12/h3H,4H2,1-2H3,(H,15,16). The highest BCUT2D eigenvalue weighted by Crippen LogP contribution is 2.21. The maximum absolute atomic E-state index is 13.0. The van der Waals surface area contributed by atoms with E-state index in [-0.39, 0.29) is 6.54 Å². The summed E-state index contributed by atoms with van der Waals surface area (Å²) in [6.07, 6.45) is 1.62. The number of rotatable bonds is 3. The molecule has 1 aromatic heterocycles. The van der Waals surface area contributed by atoms with Crippen molar-refractivity contribution in [3.05, 3.63) is 35.2 Å². The fourth-order valence-corrected chi connectivity index (χ4v) is 0.999. The summed E-state index contributed by atoms with van der Waals surface area (Å²) in [6.45, 7) is 3.63. The molecule has 0 spiro atoms. The highest BCUT2D eigenvalue weighted by Gasteiger charge is 2.19. The molecule has 0 unspecified atom stereocenters. The monoisotopic (exact) mass is 234 g/mol. The molecule has 88 valence electrons. The summed E-state index contributed by atoms with van der Waals surface area (Å²) in [6, 6.07) is 0. The summed E-state index contributed by atoms with van der Waals surface area (Å²) in [7, 11) is 0. The highest BCUT2D eigenvalue weighted by molar-refractivity contribution is 5.45. The van der Waals surface area contributed by atoms with E-state index in [9.17, 15) is 17.6 Å². The third-order valence-corrected chi connectivity index (χ3v) is 1.79. The number of aromatic nitrogens is 1. The molecular formula is C10H10F4N2. The molecule has 0 bridgehead atoms. The van der Waals surface area contributed by atoms with Crippen molar-refractivity contribution in [1.82, 2.24) is 4.98 Å². The second-order valence-corrected chi connectivity index (χ2v) is 3.36. The van der Waals surface area contributed by atoms with Crippen molar-refractivity contribution in [2.75, 3.05) is 11.9 Å². The van der Waals surface area contributed by atoms with Gasteiger partial charge in [-0.25, -0.2) is 0 Å². The van der Waals surface area contributed by atoms with E-state index in [1.54, 1.807) is 19.9 Å². The first-order valence-electron chi connectivity index (χ1n) is 4.50. The molecule has 0 radical (unpaired) electrons. The van der Waals surface area contributed by atoms with Gasteiger partial charge in [0, 0.05) is 6.54 Å². The van der Waals surface area contributed by atoms with Crippen LogP contribution in [0.5, 0.6) is 0 Å². The smallest absolute Gasteiger partial charge is 0.253 e. The van der Waals surface area contributed by atoms with E-state index in [0.29, 0.717) is 0 Å². The van der Waals surface area contributed by atoms with Crippen molar-refractivity contribution in [3.8, 4) is 0 Å². The van der Waals surface area contributed by atoms with Gasteiger partial charge in [-0.1, -0.05) is 11.6 Å². The molecule has 1 rings (SSSR count). The Balaban J connectivity index is 2.99. The molecule has 0 saturated heterocycles. The molecule has 0 aliphatic carbocycles. The van der Waals surface area contributed by atoms with Crippen molar-refractivity contribution < 1.29 is 17.6 Å². The quantitative estimate of drug-likeness (QED) is 0.494. The molecule has 1 heterocycles. The van der Waals surface area contributed by atoms with Gasteiger partial charge >= 0.3 is 0 Å². The van der Waals surface area contributed by atoms with E-state index in [1.165, 1.54) is 0 Å². The molecule has 0 saturated carbocycles. The van der Waals surface area contributed by atoms with E-state index >= 15 is 0 Å². The Labute approximate surface area is 90.0 Å². The number of allylic oxidation sites excluding steroid dienone is 1. The van der Waals surface area contributed by atoms with E-state index in [2.05, 4.69) is 10.3 Å². The van der Waals surface area contributed by atoms with Crippen molar-refractivity contribution in [3.63, 3.8) is 0 Å². The Hall–Kier alpha value is -1.59. The van der Waals surface area contributed by atoms with Crippen molar-refractivity contribution >= 4 is 5.69 Å². The summed E-state index contributed by atoms with van der Waals surface area (Å²) < 4.78 is 51.4. The van der Waals surface area contributed by atoms with Crippen LogP contribution in [0.25, 0.3) is 0 Å². The Morgan fingerprint density at radius 1 is 1.12 bits per heavy atom. The van der Waals surface area contributed by atoms with Crippen LogP contribution < -0.4 is 5.32 Å². The number of anilines is 1. The minimum Gasteiger partial charge on any atom is -0.377 e. The Bertz CT molecular complexity index is 399. The lowest BCUT2D eigenvalue weighted by molar-refractivity contribution is 0.411. The average Bonchev–Trinajstić information content (AvgIpc) is 2.20. The van der Waals surface area contributed by atoms with Crippen LogP contribution in [0, 0.1) is 23.5 Å². The van der Waals surface area contributed by atoms with Gasteiger partial charge in [0.25, 0.3) is 11.9 Å². The molecule has 0 aliphatic heterocycles. The summed E-state index contributed by atoms with van der Waals surface area (Å²) in [5.74, 6) is -6.39. The molecule has 0 amide bonds. The lowest BCUT2D eigenvalue weighted by atomic mass is 10.3. The predicted molar refractivity (Wildman–Crippen MR) is 52.0 cm³/mol. The number of hydrogen-bond donors (Lipinski definition) is 1. The van der Waals surface area contributed by atoms with E-state index in [0.717, 1.165) is 5.57 Å². The zero-order chi connectivity index (χ0) is 12.3. The van der Waals surface area contributed by atoms with Crippen molar-refractivity contribution in [1.29, 1.82) is 0 Å². The van der Waals surface area contributed by atoms with Crippen LogP contribution >= 0.6 is 0 Å². The second kappa shape index (κ2) is 4.96. The zero-order valence-electron chi connectivity index (χ0n) is 8.74. The molecule has 1 N–H and O–H groups in total. The minimum absolute atomic E-state index is 0.0685. The van der Waals surface area contributed by atoms with Crippen LogP contribution in [0.3, 0.4) is 0 Å². The minimum atomic E-state index is -1.67. The number of halogens is 4. The summed E-state index contributed by atoms with van der Waals surface area (Å²) in [5.41, 5.74) is 0.0609. The van der Waals surface area contributed by atoms with Gasteiger partial charge in [0.2, 0.25) is 11.6 Å². The molecule has 0 aromatic carbocycles. The maximum atomic E-state index is 13.0. The topological polar surface area (TPSA) is 24.9 Å². The predicted octanol–water partition coefficient (Wildman–Crippen LogP) is 3.02. The molecule has 1 aromatic rings. The summed E-state index contributed by atoms with van der Waals surface area (Å²) >= 11 is 0. The molecule has 2 nitrogen and oxygen atoms in total. The van der Waals surface area contributed by atoms with Crippen LogP contribution in [0.1, 0.15) is 13.8 Å². The largest absolute Gasteiger partial charge is 0.377 e. The van der Waals surface area contributed by atoms with Crippen LogP contribution in [0.15, 0.2) is 11.6 Å². The molecule has 6 heteroatoms. The lowest BCUT2D eigenvalue weighted by Crippen LogP contribution is -2.09. The van der Waals surface area contributed by atoms with Gasteiger partial charge in [-0.05, 0) is 13.8 Å². The van der Waals surface area contributed by atoms with Crippen molar-refractivity contribution in [2.45, 2.75) is 13.8 Å². The van der Waals surface area contributed by atoms with Gasteiger partial charge in [-0.2, -0.15) is 22.5 Å². The lowest BCUT2D eigenvalue weighted by Gasteiger charge is -2.07. The number of nitrogens with one attached hydrogen (secondary N) is 1. The van der Waals surface area contributed by atoms with E-state index in [4.69, 9.17) is 0 Å². The fourth-order valence-electron chi connectivity index (χ4n) is 0.999. The second-order valence-electron chi connectivity index (χ2n) is 3.36. The molecule has 0 fully saturated rings. The van der Waals surface area contributed by atoms with Gasteiger partial charge in [0.1, 0.15) is 5.69 Å². The third-order valence-electron chi connectivity index (χ3n) is 1.79.